The fourth-order valence-corrected chi connectivity index (χ4v) is 4.72. The number of likely N-dealkylation sites (tertiary alicyclic amines) is 2. The summed E-state index contributed by atoms with van der Waals surface area (Å²) in [7, 11) is 0. The lowest BCUT2D eigenvalue weighted by Crippen LogP contribution is -2.44. The van der Waals surface area contributed by atoms with E-state index in [1.807, 2.05) is 28.0 Å². The zero-order valence-electron chi connectivity index (χ0n) is 17.0. The Balaban J connectivity index is 1.24. The molecule has 2 atom stereocenters. The van der Waals surface area contributed by atoms with Crippen LogP contribution in [0.25, 0.3) is 0 Å². The number of hydrogen-bond acceptors (Lipinski definition) is 6. The Bertz CT molecular complexity index is 971. The predicted molar refractivity (Wildman–Crippen MR) is 106 cm³/mol. The van der Waals surface area contributed by atoms with E-state index in [4.69, 9.17) is 14.0 Å². The minimum Gasteiger partial charge on any atom is -0.454 e. The third-order valence-electron chi connectivity index (χ3n) is 6.40. The number of hydrogen-bond donors (Lipinski definition) is 0. The molecule has 158 valence electrons. The van der Waals surface area contributed by atoms with Gasteiger partial charge in [0.25, 0.3) is 5.91 Å². The topological polar surface area (TPSA) is 85.1 Å². The molecule has 2 aromatic rings. The van der Waals surface area contributed by atoms with Crippen LogP contribution in [0.1, 0.15) is 41.1 Å². The summed E-state index contributed by atoms with van der Waals surface area (Å²) in [6.07, 6.45) is 2.28. The molecule has 0 unspecified atom stereocenters. The second-order valence-electron chi connectivity index (χ2n) is 8.38. The molecule has 8 heteroatoms. The molecular formula is C22H25N3O5. The molecule has 3 aliphatic rings. The van der Waals surface area contributed by atoms with Crippen LogP contribution in [0.2, 0.25) is 0 Å². The largest absolute Gasteiger partial charge is 0.454 e. The zero-order valence-corrected chi connectivity index (χ0v) is 17.0. The molecule has 2 saturated heterocycles. The van der Waals surface area contributed by atoms with Gasteiger partial charge >= 0.3 is 0 Å². The molecule has 8 nitrogen and oxygen atoms in total. The first-order chi connectivity index (χ1) is 14.6. The van der Waals surface area contributed by atoms with E-state index in [1.54, 1.807) is 13.0 Å². The van der Waals surface area contributed by atoms with Gasteiger partial charge in [-0.3, -0.25) is 9.59 Å². The van der Waals surface area contributed by atoms with Crippen molar-refractivity contribution in [2.24, 2.45) is 11.8 Å². The van der Waals surface area contributed by atoms with Gasteiger partial charge in [-0.05, 0) is 49.3 Å². The molecule has 2 amide bonds. The minimum atomic E-state index is -0.0851. The van der Waals surface area contributed by atoms with Gasteiger partial charge in [-0.2, -0.15) is 0 Å². The molecular weight excluding hydrogens is 386 g/mol. The fraction of sp³-hybridized carbons (Fsp3) is 0.500. The Morgan fingerprint density at radius 3 is 2.80 bits per heavy atom. The number of aryl methyl sites for hydroxylation is 1. The summed E-state index contributed by atoms with van der Waals surface area (Å²) in [4.78, 5) is 29.4. The lowest BCUT2D eigenvalue weighted by Gasteiger charge is -2.36. The third-order valence-corrected chi connectivity index (χ3v) is 6.40. The van der Waals surface area contributed by atoms with Crippen LogP contribution in [0.3, 0.4) is 0 Å². The van der Waals surface area contributed by atoms with Crippen molar-refractivity contribution in [2.75, 3.05) is 26.4 Å². The van der Waals surface area contributed by atoms with Gasteiger partial charge in [0.1, 0.15) is 5.76 Å². The Morgan fingerprint density at radius 2 is 1.97 bits per heavy atom. The molecule has 0 saturated carbocycles. The second kappa shape index (κ2) is 7.66. The van der Waals surface area contributed by atoms with Gasteiger partial charge in [0.05, 0.1) is 0 Å². The first kappa shape index (κ1) is 19.0. The number of carbonyl (C=O) groups is 2. The summed E-state index contributed by atoms with van der Waals surface area (Å²) in [6, 6.07) is 7.51. The minimum absolute atomic E-state index is 0.0851. The molecule has 5 rings (SSSR count). The van der Waals surface area contributed by atoms with Crippen molar-refractivity contribution < 1.29 is 23.6 Å². The number of benzene rings is 1. The molecule has 0 N–H and O–H groups in total. The van der Waals surface area contributed by atoms with E-state index in [-0.39, 0.29) is 18.6 Å². The first-order valence-corrected chi connectivity index (χ1v) is 10.5. The highest BCUT2D eigenvalue weighted by Gasteiger charge is 2.37. The number of amides is 2. The number of piperidine rings is 1. The predicted octanol–water partition coefficient (Wildman–Crippen LogP) is 2.61. The Hall–Kier alpha value is -3.03. The quantitative estimate of drug-likeness (QED) is 0.772. The van der Waals surface area contributed by atoms with E-state index < -0.39 is 0 Å². The Morgan fingerprint density at radius 1 is 1.13 bits per heavy atom. The molecule has 2 fully saturated rings. The summed E-state index contributed by atoms with van der Waals surface area (Å²) in [6.45, 7) is 4.60. The smallest absolute Gasteiger partial charge is 0.276 e. The average Bonchev–Trinajstić information content (AvgIpc) is 3.36. The number of fused-ring (bicyclic) bond motifs is 2. The standard InChI is InChI=1S/C22H25N3O5/c1-14-8-18(23-30-14)22(27)25-7-4-16-10-21(26)24(6-5-17(16)12-25)11-15-2-3-19-20(9-15)29-13-28-19/h2-3,8-9,16-17H,4-7,10-13H2,1H3/t16-,17+/m1/s1. The number of ether oxygens (including phenoxy) is 2. The van der Waals surface area contributed by atoms with E-state index >= 15 is 0 Å². The molecule has 1 aromatic heterocycles. The van der Waals surface area contributed by atoms with Gasteiger partial charge in [-0.1, -0.05) is 11.2 Å². The van der Waals surface area contributed by atoms with E-state index in [0.29, 0.717) is 55.9 Å². The summed E-state index contributed by atoms with van der Waals surface area (Å²) in [5.74, 6) is 2.86. The molecule has 0 radical (unpaired) electrons. The number of rotatable bonds is 3. The van der Waals surface area contributed by atoms with Crippen molar-refractivity contribution in [1.82, 2.24) is 15.0 Å². The molecule has 0 bridgehead atoms. The van der Waals surface area contributed by atoms with Crippen molar-refractivity contribution in [3.8, 4) is 11.5 Å². The van der Waals surface area contributed by atoms with Crippen LogP contribution in [0.4, 0.5) is 0 Å². The maximum Gasteiger partial charge on any atom is 0.276 e. The lowest BCUT2D eigenvalue weighted by molar-refractivity contribution is -0.132. The van der Waals surface area contributed by atoms with Crippen LogP contribution in [-0.2, 0) is 11.3 Å². The summed E-state index contributed by atoms with van der Waals surface area (Å²) in [5, 5.41) is 3.86. The molecule has 30 heavy (non-hydrogen) atoms. The van der Waals surface area contributed by atoms with Gasteiger partial charge < -0.3 is 23.8 Å². The van der Waals surface area contributed by atoms with E-state index in [1.165, 1.54) is 0 Å². The monoisotopic (exact) mass is 411 g/mol. The highest BCUT2D eigenvalue weighted by atomic mass is 16.7. The summed E-state index contributed by atoms with van der Waals surface area (Å²) < 4.78 is 15.9. The van der Waals surface area contributed by atoms with Crippen LogP contribution in [-0.4, -0.2) is 53.2 Å². The lowest BCUT2D eigenvalue weighted by atomic mass is 9.82. The molecule has 0 spiro atoms. The van der Waals surface area contributed by atoms with Crippen molar-refractivity contribution >= 4 is 11.8 Å². The third kappa shape index (κ3) is 3.62. The van der Waals surface area contributed by atoms with Gasteiger partial charge in [-0.15, -0.1) is 0 Å². The molecule has 1 aromatic carbocycles. The van der Waals surface area contributed by atoms with Crippen molar-refractivity contribution in [3.63, 3.8) is 0 Å². The van der Waals surface area contributed by atoms with E-state index in [2.05, 4.69) is 5.16 Å². The van der Waals surface area contributed by atoms with Crippen molar-refractivity contribution in [1.29, 1.82) is 0 Å². The first-order valence-electron chi connectivity index (χ1n) is 10.5. The Labute approximate surface area is 174 Å². The number of carbonyl (C=O) groups excluding carboxylic acids is 2. The van der Waals surface area contributed by atoms with Crippen LogP contribution in [0.5, 0.6) is 11.5 Å². The maximum absolute atomic E-state index is 12.9. The number of nitrogens with zero attached hydrogens (tertiary/aromatic N) is 3. The number of aromatic nitrogens is 1. The normalized spacial score (nSPS) is 23.3. The van der Waals surface area contributed by atoms with E-state index in [0.717, 1.165) is 29.9 Å². The van der Waals surface area contributed by atoms with Gasteiger partial charge in [0, 0.05) is 38.7 Å². The van der Waals surface area contributed by atoms with Crippen molar-refractivity contribution in [2.45, 2.75) is 32.7 Å². The molecule has 4 heterocycles. The van der Waals surface area contributed by atoms with Gasteiger partial charge in [0.2, 0.25) is 12.7 Å². The van der Waals surface area contributed by atoms with Crippen LogP contribution >= 0.6 is 0 Å². The zero-order chi connectivity index (χ0) is 20.7. The molecule has 0 aliphatic carbocycles. The maximum atomic E-state index is 12.9. The molecule has 3 aliphatic heterocycles. The van der Waals surface area contributed by atoms with Gasteiger partial charge in [0.15, 0.2) is 17.2 Å². The summed E-state index contributed by atoms with van der Waals surface area (Å²) >= 11 is 0. The average molecular weight is 411 g/mol. The van der Waals surface area contributed by atoms with Crippen molar-refractivity contribution in [3.05, 3.63) is 41.3 Å². The fourth-order valence-electron chi connectivity index (χ4n) is 4.72. The SMILES string of the molecule is Cc1cc(C(=O)N2CC[C@@H]3CC(=O)N(Cc4ccc5c(c4)OCO5)CC[C@H]3C2)no1. The van der Waals surface area contributed by atoms with Crippen LogP contribution in [0.15, 0.2) is 28.8 Å². The second-order valence-corrected chi connectivity index (χ2v) is 8.38. The highest BCUT2D eigenvalue weighted by molar-refractivity contribution is 5.92. The summed E-state index contributed by atoms with van der Waals surface area (Å²) in [5.41, 5.74) is 1.40. The van der Waals surface area contributed by atoms with Crippen LogP contribution < -0.4 is 9.47 Å². The highest BCUT2D eigenvalue weighted by Crippen LogP contribution is 2.35. The Kier molecular flexibility index (Phi) is 4.84. The van der Waals surface area contributed by atoms with Crippen LogP contribution in [0, 0.1) is 18.8 Å². The van der Waals surface area contributed by atoms with E-state index in [9.17, 15) is 9.59 Å². The van der Waals surface area contributed by atoms with Gasteiger partial charge in [-0.25, -0.2) is 0 Å².